The first kappa shape index (κ1) is 23.2. The van der Waals surface area contributed by atoms with E-state index in [2.05, 4.69) is 0 Å². The summed E-state index contributed by atoms with van der Waals surface area (Å²) >= 11 is 0. The molecule has 0 aliphatic rings. The van der Waals surface area contributed by atoms with Gasteiger partial charge in [0.05, 0.1) is 12.1 Å². The van der Waals surface area contributed by atoms with E-state index < -0.39 is 19.4 Å². The molecule has 1 N–H and O–H groups in total. The predicted octanol–water partition coefficient (Wildman–Crippen LogP) is -8.83. The SMILES string of the molecule is CC(O)C(=O)[O-].[La+3].[Li+].[O-]B([O-])[O-]. The standard InChI is InChI=1S/C3H6O3.BO3.La.Li/c1-2(4)3(5)6;2-1(3)4;;/h2,4H,1H3,(H,5,6);;;/q;-3;+3;+1/p-1. The third-order valence-electron chi connectivity index (χ3n) is 0.341. The number of carboxylic acid groups (broad SMARTS) is 1. The van der Waals surface area contributed by atoms with Gasteiger partial charge in [0, 0.05) is 0 Å². The zero-order chi connectivity index (χ0) is 8.73. The van der Waals surface area contributed by atoms with Crippen molar-refractivity contribution in [3.63, 3.8) is 0 Å². The van der Waals surface area contributed by atoms with Crippen LogP contribution >= 0.6 is 0 Å². The molecule has 0 amide bonds. The van der Waals surface area contributed by atoms with Crippen molar-refractivity contribution in [2.45, 2.75) is 13.0 Å². The van der Waals surface area contributed by atoms with Gasteiger partial charge in [0.15, 0.2) is 0 Å². The zero-order valence-electron chi connectivity index (χ0n) is 6.72. The fourth-order valence-electron chi connectivity index (χ4n) is 0. The molecule has 0 aromatic heterocycles. The minimum atomic E-state index is -2.92. The first-order valence-corrected chi connectivity index (χ1v) is 2.24. The van der Waals surface area contributed by atoms with Gasteiger partial charge in [-0.25, -0.2) is 0 Å². The summed E-state index contributed by atoms with van der Waals surface area (Å²) in [6, 6.07) is 0. The molecule has 0 aliphatic carbocycles. The Balaban J connectivity index is -0.0000000483. The van der Waals surface area contributed by atoms with Crippen LogP contribution in [0.25, 0.3) is 0 Å². The molecule has 0 aromatic rings. The fourth-order valence-corrected chi connectivity index (χ4v) is 0. The Morgan fingerprint density at radius 2 is 1.50 bits per heavy atom. The number of aliphatic hydroxyl groups excluding tert-OH is 1. The number of aliphatic carboxylic acids is 1. The molecule has 0 heterocycles. The Kier molecular flexibility index (Phi) is 28.4. The van der Waals surface area contributed by atoms with Crippen LogP contribution in [0.3, 0.4) is 0 Å². The van der Waals surface area contributed by atoms with Gasteiger partial charge in [-0.2, -0.15) is 0 Å². The molecule has 0 saturated heterocycles. The van der Waals surface area contributed by atoms with Crippen molar-refractivity contribution in [1.29, 1.82) is 0 Å². The van der Waals surface area contributed by atoms with Crippen LogP contribution in [0.5, 0.6) is 0 Å². The van der Waals surface area contributed by atoms with Crippen LogP contribution in [0.1, 0.15) is 6.92 Å². The molecule has 1 atom stereocenters. The number of hydrogen-bond acceptors (Lipinski definition) is 6. The van der Waals surface area contributed by atoms with Gasteiger partial charge in [-0.15, -0.1) is 0 Å². The Hall–Kier alpha value is 1.17. The van der Waals surface area contributed by atoms with E-state index in [9.17, 15) is 9.90 Å². The second-order valence-corrected chi connectivity index (χ2v) is 1.28. The van der Waals surface area contributed by atoms with Crippen molar-refractivity contribution in [1.82, 2.24) is 0 Å². The topological polar surface area (TPSA) is 130 Å². The molecule has 0 aromatic carbocycles. The molecule has 12 heavy (non-hydrogen) atoms. The molecule has 0 saturated carbocycles. The number of carbonyl (C=O) groups excluding carboxylic acids is 1. The summed E-state index contributed by atoms with van der Waals surface area (Å²) in [5.41, 5.74) is 0. The van der Waals surface area contributed by atoms with Crippen LogP contribution in [0.4, 0.5) is 0 Å². The maximum atomic E-state index is 9.34. The summed E-state index contributed by atoms with van der Waals surface area (Å²) in [4.78, 5) is 9.34. The fraction of sp³-hybridized carbons (Fsp3) is 0.667. The van der Waals surface area contributed by atoms with Crippen LogP contribution in [0.15, 0.2) is 0 Å². The smallest absolute Gasteiger partial charge is 0.907 e. The summed E-state index contributed by atoms with van der Waals surface area (Å²) in [7, 11) is -2.92. The van der Waals surface area contributed by atoms with E-state index in [0.717, 1.165) is 6.92 Å². The first-order chi connectivity index (χ1) is 4.37. The van der Waals surface area contributed by atoms with Crippen LogP contribution in [-0.4, -0.2) is 24.5 Å². The van der Waals surface area contributed by atoms with Crippen molar-refractivity contribution >= 4 is 13.3 Å². The molecule has 0 aliphatic heterocycles. The molecule has 0 radical (unpaired) electrons. The van der Waals surface area contributed by atoms with E-state index >= 15 is 0 Å². The number of carbonyl (C=O) groups is 1. The van der Waals surface area contributed by atoms with Crippen LogP contribution in [0, 0.1) is 35.6 Å². The van der Waals surface area contributed by atoms with Crippen molar-refractivity contribution < 1.29 is 84.5 Å². The Morgan fingerprint density at radius 1 is 1.42 bits per heavy atom. The van der Waals surface area contributed by atoms with Gasteiger partial charge in [-0.1, -0.05) is 0 Å². The Bertz CT molecular complexity index is 98.0. The second kappa shape index (κ2) is 14.7. The molecule has 9 heteroatoms. The Labute approximate surface area is 110 Å². The molecule has 6 nitrogen and oxygen atoms in total. The number of rotatable bonds is 1. The quantitative estimate of drug-likeness (QED) is 0.478. The van der Waals surface area contributed by atoms with Gasteiger partial charge in [-0.05, 0) is 6.92 Å². The molecular weight excluding hydrogens is 289 g/mol. The largest absolute Gasteiger partial charge is 3.00 e. The van der Waals surface area contributed by atoms with E-state index in [4.69, 9.17) is 20.2 Å². The van der Waals surface area contributed by atoms with Gasteiger partial charge >= 0.3 is 54.5 Å². The van der Waals surface area contributed by atoms with Gasteiger partial charge in [-0.3, -0.25) is 7.32 Å². The number of aliphatic hydroxyl groups is 1. The monoisotopic (exact) mass is 294 g/mol. The molecule has 1 unspecified atom stereocenters. The van der Waals surface area contributed by atoms with Crippen molar-refractivity contribution in [3.8, 4) is 0 Å². The van der Waals surface area contributed by atoms with E-state index in [1.165, 1.54) is 0 Å². The third-order valence-corrected chi connectivity index (χ3v) is 0.341. The number of carboxylic acids is 1. The van der Waals surface area contributed by atoms with Crippen molar-refractivity contribution in [2.24, 2.45) is 0 Å². The van der Waals surface area contributed by atoms with Crippen molar-refractivity contribution in [2.75, 3.05) is 0 Å². The number of hydrogen-bond donors (Lipinski definition) is 1. The van der Waals surface area contributed by atoms with E-state index in [0.29, 0.717) is 0 Å². The third kappa shape index (κ3) is 43.2. The van der Waals surface area contributed by atoms with Crippen LogP contribution < -0.4 is 39.0 Å². The molecule has 0 spiro atoms. The van der Waals surface area contributed by atoms with Crippen LogP contribution in [-0.2, 0) is 4.79 Å². The average Bonchev–Trinajstić information content (AvgIpc) is 1.63. The molecule has 0 rings (SSSR count). The molecule has 0 bridgehead atoms. The zero-order valence-corrected chi connectivity index (χ0v) is 10.3. The minimum Gasteiger partial charge on any atom is -0.907 e. The first-order valence-electron chi connectivity index (χ1n) is 2.24. The van der Waals surface area contributed by atoms with E-state index in [1.807, 2.05) is 0 Å². The van der Waals surface area contributed by atoms with E-state index in [-0.39, 0.29) is 54.5 Å². The normalized spacial score (nSPS) is 9.08. The minimum absolute atomic E-state index is 0. The second-order valence-electron chi connectivity index (χ2n) is 1.28. The van der Waals surface area contributed by atoms with Crippen LogP contribution in [0.2, 0.25) is 0 Å². The molecule has 60 valence electrons. The van der Waals surface area contributed by atoms with Gasteiger partial charge in [0.1, 0.15) is 0 Å². The maximum absolute atomic E-state index is 9.34. The average molecular weight is 294 g/mol. The van der Waals surface area contributed by atoms with Gasteiger partial charge in [0.2, 0.25) is 0 Å². The van der Waals surface area contributed by atoms with Gasteiger partial charge in [0.25, 0.3) is 0 Å². The summed E-state index contributed by atoms with van der Waals surface area (Å²) in [5.74, 6) is -1.44. The molecular formula is C3H5BLaLiO6. The van der Waals surface area contributed by atoms with E-state index in [1.54, 1.807) is 0 Å². The summed E-state index contributed by atoms with van der Waals surface area (Å²) in [6.07, 6.45) is -1.34. The predicted molar refractivity (Wildman–Crippen MR) is 22.4 cm³/mol. The summed E-state index contributed by atoms with van der Waals surface area (Å²) in [6.45, 7) is 1.13. The molecule has 0 fully saturated rings. The summed E-state index contributed by atoms with van der Waals surface area (Å²) in [5, 5.41) is 42.6. The Morgan fingerprint density at radius 3 is 1.50 bits per heavy atom. The maximum Gasteiger partial charge on any atom is 3.00 e. The van der Waals surface area contributed by atoms with Gasteiger partial charge < -0.3 is 30.1 Å². The van der Waals surface area contributed by atoms with Crippen molar-refractivity contribution in [3.05, 3.63) is 0 Å². The summed E-state index contributed by atoms with van der Waals surface area (Å²) < 4.78 is 0.